The third-order valence-corrected chi connectivity index (χ3v) is 3.09. The summed E-state index contributed by atoms with van der Waals surface area (Å²) in [5.41, 5.74) is 0.695. The molecule has 2 aromatic heterocycles. The van der Waals surface area contributed by atoms with Crippen LogP contribution in [-0.2, 0) is 6.54 Å². The van der Waals surface area contributed by atoms with Crippen LogP contribution in [0.15, 0.2) is 29.6 Å². The molecule has 0 spiro atoms. The summed E-state index contributed by atoms with van der Waals surface area (Å²) in [5, 5.41) is 14.1. The highest BCUT2D eigenvalue weighted by Gasteiger charge is 2.00. The van der Waals surface area contributed by atoms with E-state index < -0.39 is 0 Å². The second kappa shape index (κ2) is 4.97. The van der Waals surface area contributed by atoms with Crippen LogP contribution in [0.2, 0.25) is 5.15 Å². The van der Waals surface area contributed by atoms with Gasteiger partial charge in [-0.3, -0.25) is 0 Å². The Kier molecular flexibility index (Phi) is 3.40. The van der Waals surface area contributed by atoms with E-state index in [2.05, 4.69) is 16.4 Å². The molecule has 0 amide bonds. The summed E-state index contributed by atoms with van der Waals surface area (Å²) in [7, 11) is 0. The number of nitrogens with zero attached hydrogens (tertiary/aromatic N) is 2. The van der Waals surface area contributed by atoms with Crippen LogP contribution in [0, 0.1) is 11.3 Å². The van der Waals surface area contributed by atoms with Crippen LogP contribution in [0.3, 0.4) is 0 Å². The van der Waals surface area contributed by atoms with Crippen molar-refractivity contribution in [1.82, 2.24) is 4.98 Å². The van der Waals surface area contributed by atoms with Crippen LogP contribution in [0.5, 0.6) is 0 Å². The maximum absolute atomic E-state index is 8.68. The smallest absolute Gasteiger partial charge is 0.131 e. The van der Waals surface area contributed by atoms with Crippen LogP contribution in [-0.4, -0.2) is 4.98 Å². The molecule has 0 aliphatic carbocycles. The topological polar surface area (TPSA) is 48.7 Å². The standard InChI is InChI=1S/C11H8ClN3S/c12-10-2-1-3-11(15-10)14-6-9-4-8(5-13)7-16-9/h1-4,7H,6H2,(H,14,15). The number of hydrogen-bond acceptors (Lipinski definition) is 4. The molecule has 2 aromatic rings. The fraction of sp³-hybridized carbons (Fsp3) is 0.0909. The van der Waals surface area contributed by atoms with Crippen molar-refractivity contribution >= 4 is 28.8 Å². The maximum Gasteiger partial charge on any atom is 0.131 e. The zero-order valence-electron chi connectivity index (χ0n) is 8.27. The molecule has 3 nitrogen and oxygen atoms in total. The molecule has 2 heterocycles. The molecule has 0 aliphatic rings. The van der Waals surface area contributed by atoms with Crippen LogP contribution in [0.4, 0.5) is 5.82 Å². The van der Waals surface area contributed by atoms with Gasteiger partial charge in [0, 0.05) is 10.3 Å². The van der Waals surface area contributed by atoms with Gasteiger partial charge in [-0.15, -0.1) is 11.3 Å². The summed E-state index contributed by atoms with van der Waals surface area (Å²) in [5.74, 6) is 0.736. The van der Waals surface area contributed by atoms with E-state index >= 15 is 0 Å². The fourth-order valence-electron chi connectivity index (χ4n) is 1.22. The predicted molar refractivity (Wildman–Crippen MR) is 65.6 cm³/mol. The molecule has 5 heteroatoms. The number of nitriles is 1. The van der Waals surface area contributed by atoms with Gasteiger partial charge in [-0.05, 0) is 18.2 Å². The number of hydrogen-bond donors (Lipinski definition) is 1. The number of thiophene rings is 1. The monoisotopic (exact) mass is 249 g/mol. The number of halogens is 1. The first-order valence-corrected chi connectivity index (χ1v) is 5.87. The Morgan fingerprint density at radius 2 is 2.38 bits per heavy atom. The molecule has 0 aliphatic heterocycles. The minimum absolute atomic E-state index is 0.467. The molecule has 2 rings (SSSR count). The normalized spacial score (nSPS) is 9.75. The van der Waals surface area contributed by atoms with Gasteiger partial charge in [0.15, 0.2) is 0 Å². The molecule has 0 fully saturated rings. The summed E-state index contributed by atoms with van der Waals surface area (Å²) >= 11 is 7.31. The first kappa shape index (κ1) is 10.9. The van der Waals surface area contributed by atoms with Gasteiger partial charge in [-0.1, -0.05) is 17.7 Å². The molecule has 0 saturated heterocycles. The molecule has 0 bridgehead atoms. The molecule has 0 unspecified atom stereocenters. The minimum Gasteiger partial charge on any atom is -0.365 e. The van der Waals surface area contributed by atoms with Gasteiger partial charge in [0.05, 0.1) is 12.1 Å². The highest BCUT2D eigenvalue weighted by molar-refractivity contribution is 7.10. The number of rotatable bonds is 3. The van der Waals surface area contributed by atoms with Crippen molar-refractivity contribution in [3.8, 4) is 6.07 Å². The van der Waals surface area contributed by atoms with Gasteiger partial charge in [-0.2, -0.15) is 5.26 Å². The van der Waals surface area contributed by atoms with E-state index in [4.69, 9.17) is 16.9 Å². The molecule has 80 valence electrons. The first-order chi connectivity index (χ1) is 7.78. The van der Waals surface area contributed by atoms with Crippen molar-refractivity contribution in [2.45, 2.75) is 6.54 Å². The fourth-order valence-corrected chi connectivity index (χ4v) is 2.13. The van der Waals surface area contributed by atoms with Crippen molar-refractivity contribution in [1.29, 1.82) is 5.26 Å². The molecule has 0 aromatic carbocycles. The average Bonchev–Trinajstić information content (AvgIpc) is 2.74. The van der Waals surface area contributed by atoms with Crippen LogP contribution in [0.25, 0.3) is 0 Å². The van der Waals surface area contributed by atoms with E-state index in [9.17, 15) is 0 Å². The molecule has 0 atom stereocenters. The van der Waals surface area contributed by atoms with Gasteiger partial charge in [0.1, 0.15) is 17.0 Å². The van der Waals surface area contributed by atoms with E-state index in [1.165, 1.54) is 0 Å². The largest absolute Gasteiger partial charge is 0.365 e. The Hall–Kier alpha value is -1.57. The zero-order valence-corrected chi connectivity index (χ0v) is 9.85. The van der Waals surface area contributed by atoms with Crippen molar-refractivity contribution in [3.63, 3.8) is 0 Å². The second-order valence-electron chi connectivity index (χ2n) is 3.11. The lowest BCUT2D eigenvalue weighted by Gasteiger charge is -2.03. The van der Waals surface area contributed by atoms with Crippen molar-refractivity contribution in [3.05, 3.63) is 45.2 Å². The van der Waals surface area contributed by atoms with Crippen LogP contribution < -0.4 is 5.32 Å². The summed E-state index contributed by atoms with van der Waals surface area (Å²) in [4.78, 5) is 5.20. The molecule has 1 N–H and O–H groups in total. The van der Waals surface area contributed by atoms with Gasteiger partial charge in [0.2, 0.25) is 0 Å². The van der Waals surface area contributed by atoms with E-state index in [1.807, 2.05) is 23.6 Å². The Labute approximate surface area is 102 Å². The van der Waals surface area contributed by atoms with E-state index in [1.54, 1.807) is 17.4 Å². The highest BCUT2D eigenvalue weighted by Crippen LogP contribution is 2.16. The minimum atomic E-state index is 0.467. The summed E-state index contributed by atoms with van der Waals surface area (Å²) < 4.78 is 0. The van der Waals surface area contributed by atoms with E-state index in [-0.39, 0.29) is 0 Å². The lowest BCUT2D eigenvalue weighted by molar-refractivity contribution is 1.14. The quantitative estimate of drug-likeness (QED) is 0.850. The number of aromatic nitrogens is 1. The van der Waals surface area contributed by atoms with Crippen molar-refractivity contribution in [2.75, 3.05) is 5.32 Å². The van der Waals surface area contributed by atoms with Gasteiger partial charge < -0.3 is 5.32 Å². The van der Waals surface area contributed by atoms with E-state index in [0.29, 0.717) is 17.3 Å². The Morgan fingerprint density at radius 1 is 1.50 bits per heavy atom. The molecule has 0 saturated carbocycles. The van der Waals surface area contributed by atoms with E-state index in [0.717, 1.165) is 10.7 Å². The Balaban J connectivity index is 2.00. The first-order valence-electron chi connectivity index (χ1n) is 4.62. The average molecular weight is 250 g/mol. The highest BCUT2D eigenvalue weighted by atomic mass is 35.5. The van der Waals surface area contributed by atoms with Crippen LogP contribution in [0.1, 0.15) is 10.4 Å². The summed E-state index contributed by atoms with van der Waals surface area (Å²) in [6.07, 6.45) is 0. The molecule has 16 heavy (non-hydrogen) atoms. The van der Waals surface area contributed by atoms with Crippen LogP contribution >= 0.6 is 22.9 Å². The number of pyridine rings is 1. The van der Waals surface area contributed by atoms with Gasteiger partial charge in [0.25, 0.3) is 0 Å². The maximum atomic E-state index is 8.68. The predicted octanol–water partition coefficient (Wildman–Crippen LogP) is 3.28. The summed E-state index contributed by atoms with van der Waals surface area (Å²) in [6.45, 7) is 0.652. The Morgan fingerprint density at radius 3 is 3.06 bits per heavy atom. The van der Waals surface area contributed by atoms with Crippen molar-refractivity contribution < 1.29 is 0 Å². The third-order valence-electron chi connectivity index (χ3n) is 1.94. The molecular formula is C11H8ClN3S. The zero-order chi connectivity index (χ0) is 11.4. The summed E-state index contributed by atoms with van der Waals surface area (Å²) in [6, 6.07) is 9.38. The molecular weight excluding hydrogens is 242 g/mol. The SMILES string of the molecule is N#Cc1csc(CNc2cccc(Cl)n2)c1. The lowest BCUT2D eigenvalue weighted by atomic mass is 10.3. The number of anilines is 1. The molecule has 0 radical (unpaired) electrons. The van der Waals surface area contributed by atoms with Gasteiger partial charge >= 0.3 is 0 Å². The third kappa shape index (κ3) is 2.72. The lowest BCUT2D eigenvalue weighted by Crippen LogP contribution is -1.99. The van der Waals surface area contributed by atoms with Crippen molar-refractivity contribution in [2.24, 2.45) is 0 Å². The number of nitrogens with one attached hydrogen (secondary N) is 1. The van der Waals surface area contributed by atoms with Gasteiger partial charge in [-0.25, -0.2) is 4.98 Å². The second-order valence-corrected chi connectivity index (χ2v) is 4.50. The Bertz CT molecular complexity index is 530.